The Morgan fingerprint density at radius 3 is 1.64 bits per heavy atom. The molecule has 0 aliphatic heterocycles. The van der Waals surface area contributed by atoms with Crippen LogP contribution < -0.4 is 9.79 Å². The first-order valence-electron chi connectivity index (χ1n) is 3.97. The second kappa shape index (κ2) is 12.3. The molecule has 0 aliphatic carbocycles. The average molecular weight is 254 g/mol. The summed E-state index contributed by atoms with van der Waals surface area (Å²) in [6.45, 7) is 5.30. The fourth-order valence-corrected chi connectivity index (χ4v) is 0.987. The fraction of sp³-hybridized carbons (Fsp3) is 1.00. The summed E-state index contributed by atoms with van der Waals surface area (Å²) in [7, 11) is -5.25. The van der Waals surface area contributed by atoms with E-state index in [4.69, 9.17) is 4.89 Å². The minimum atomic E-state index is -2.65. The van der Waals surface area contributed by atoms with Gasteiger partial charge in [0.2, 0.25) is 0 Å². The van der Waals surface area contributed by atoms with Crippen molar-refractivity contribution >= 4 is 39.0 Å². The van der Waals surface area contributed by atoms with Gasteiger partial charge in [-0.3, -0.25) is 4.57 Å². The van der Waals surface area contributed by atoms with Crippen molar-refractivity contribution in [2.24, 2.45) is 0 Å². The van der Waals surface area contributed by atoms with Crippen molar-refractivity contribution in [3.8, 4) is 0 Å². The molecule has 0 fully saturated rings. The maximum Gasteiger partial charge on any atom is 2.00 e. The molecule has 0 aliphatic rings. The third-order valence-corrected chi connectivity index (χ3v) is 3.67. The van der Waals surface area contributed by atoms with Gasteiger partial charge in [-0.05, 0) is 6.92 Å². The molecule has 0 aromatic carbocycles. The molecular weight excluding hydrogens is 238 g/mol. The molecular formula is C6H16MgO5P2. The smallest absolute Gasteiger partial charge is 0.820 e. The van der Waals surface area contributed by atoms with Gasteiger partial charge >= 0.3 is 23.1 Å². The van der Waals surface area contributed by atoms with E-state index in [1.165, 1.54) is 0 Å². The Kier molecular flexibility index (Phi) is 18.2. The summed E-state index contributed by atoms with van der Waals surface area (Å²) in [5.41, 5.74) is 0. The molecule has 0 heterocycles. The van der Waals surface area contributed by atoms with Gasteiger partial charge in [0.05, 0.1) is 0 Å². The third kappa shape index (κ3) is 18.9. The Morgan fingerprint density at radius 1 is 1.29 bits per heavy atom. The van der Waals surface area contributed by atoms with Crippen LogP contribution in [0.3, 0.4) is 0 Å². The van der Waals surface area contributed by atoms with E-state index in [0.717, 1.165) is 0 Å². The van der Waals surface area contributed by atoms with Gasteiger partial charge in [-0.2, -0.15) is 8.60 Å². The maximum absolute atomic E-state index is 10.5. The Bertz CT molecular complexity index is 147. The SMILES string of the molecule is CCOP([O-])[O-].CCP(=O)(O)CC.[Mg+2]. The Hall–Kier alpha value is 1.27. The van der Waals surface area contributed by atoms with Crippen LogP contribution in [0.15, 0.2) is 0 Å². The zero-order chi connectivity index (χ0) is 10.9. The van der Waals surface area contributed by atoms with Crippen molar-refractivity contribution < 1.29 is 23.8 Å². The van der Waals surface area contributed by atoms with Gasteiger partial charge in [0, 0.05) is 18.9 Å². The van der Waals surface area contributed by atoms with Gasteiger partial charge in [-0.25, -0.2) is 0 Å². The minimum absolute atomic E-state index is 0. The molecule has 0 unspecified atom stereocenters. The van der Waals surface area contributed by atoms with Gasteiger partial charge in [-0.15, -0.1) is 0 Å². The molecule has 0 amide bonds. The Labute approximate surface area is 102 Å². The van der Waals surface area contributed by atoms with E-state index < -0.39 is 16.0 Å². The van der Waals surface area contributed by atoms with Gasteiger partial charge < -0.3 is 19.2 Å². The second-order valence-electron chi connectivity index (χ2n) is 2.12. The molecule has 0 saturated carbocycles. The van der Waals surface area contributed by atoms with E-state index >= 15 is 0 Å². The van der Waals surface area contributed by atoms with Crippen molar-refractivity contribution in [1.29, 1.82) is 0 Å². The third-order valence-electron chi connectivity index (χ3n) is 1.22. The van der Waals surface area contributed by atoms with Crippen LogP contribution in [-0.2, 0) is 9.09 Å². The van der Waals surface area contributed by atoms with Gasteiger partial charge in [0.1, 0.15) is 0 Å². The Morgan fingerprint density at radius 2 is 1.64 bits per heavy atom. The van der Waals surface area contributed by atoms with E-state index in [-0.39, 0.29) is 29.7 Å². The number of hydrogen-bond acceptors (Lipinski definition) is 4. The monoisotopic (exact) mass is 254 g/mol. The van der Waals surface area contributed by atoms with Crippen LogP contribution in [0.25, 0.3) is 0 Å². The molecule has 5 nitrogen and oxygen atoms in total. The molecule has 82 valence electrons. The predicted molar refractivity (Wildman–Crippen MR) is 55.2 cm³/mol. The molecule has 14 heavy (non-hydrogen) atoms. The first-order chi connectivity index (χ1) is 5.89. The molecule has 0 saturated heterocycles. The fourth-order valence-electron chi connectivity index (χ4n) is 0.329. The minimum Gasteiger partial charge on any atom is -0.820 e. The molecule has 0 atom stereocenters. The summed E-state index contributed by atoms with van der Waals surface area (Å²) in [5, 5.41) is 0. The quantitative estimate of drug-likeness (QED) is 0.558. The normalized spacial score (nSPS) is 10.2. The van der Waals surface area contributed by atoms with Gasteiger partial charge in [-0.1, -0.05) is 13.8 Å². The summed E-state index contributed by atoms with van der Waals surface area (Å²) >= 11 is 0. The van der Waals surface area contributed by atoms with Crippen molar-refractivity contribution in [3.05, 3.63) is 0 Å². The van der Waals surface area contributed by atoms with Crippen LogP contribution >= 0.6 is 16.0 Å². The predicted octanol–water partition coefficient (Wildman–Crippen LogP) is -0.114. The van der Waals surface area contributed by atoms with Crippen molar-refractivity contribution in [1.82, 2.24) is 0 Å². The molecule has 8 heteroatoms. The van der Waals surface area contributed by atoms with Crippen LogP contribution in [0, 0.1) is 0 Å². The van der Waals surface area contributed by atoms with Crippen molar-refractivity contribution in [2.75, 3.05) is 18.9 Å². The standard InChI is InChI=1S/C4H11O2P.C2H5O3P.Mg/c1-3-7(5,6)4-2;1-2-5-6(3)4;/h3-4H2,1-2H3,(H,5,6);2H2,1H3;/q;-2;+2. The van der Waals surface area contributed by atoms with E-state index in [0.29, 0.717) is 12.3 Å². The summed E-state index contributed by atoms with van der Waals surface area (Å²) < 4.78 is 14.5. The zero-order valence-electron chi connectivity index (χ0n) is 8.80. The molecule has 0 aromatic rings. The summed E-state index contributed by atoms with van der Waals surface area (Å²) in [4.78, 5) is 27.5. The molecule has 1 N–H and O–H groups in total. The average Bonchev–Trinajstić information content (AvgIpc) is 2.05. The summed E-state index contributed by atoms with van der Waals surface area (Å²) in [5.74, 6) is 0. The molecule has 0 rings (SSSR count). The van der Waals surface area contributed by atoms with E-state index in [2.05, 4.69) is 4.52 Å². The van der Waals surface area contributed by atoms with E-state index in [9.17, 15) is 14.4 Å². The molecule has 0 aromatic heterocycles. The van der Waals surface area contributed by atoms with Crippen molar-refractivity contribution in [3.63, 3.8) is 0 Å². The first-order valence-corrected chi connectivity index (χ1v) is 7.10. The Balaban J connectivity index is -0.000000163. The van der Waals surface area contributed by atoms with E-state index in [1.807, 2.05) is 0 Å². The van der Waals surface area contributed by atoms with Crippen LogP contribution in [0.2, 0.25) is 0 Å². The number of rotatable bonds is 4. The molecule has 0 spiro atoms. The second-order valence-corrected chi connectivity index (χ2v) is 5.78. The van der Waals surface area contributed by atoms with Crippen LogP contribution in [0.5, 0.6) is 0 Å². The topological polar surface area (TPSA) is 92.6 Å². The van der Waals surface area contributed by atoms with E-state index in [1.54, 1.807) is 20.8 Å². The van der Waals surface area contributed by atoms with Gasteiger partial charge in [0.15, 0.2) is 7.37 Å². The summed E-state index contributed by atoms with van der Waals surface area (Å²) in [6.07, 6.45) is 0.812. The maximum atomic E-state index is 10.5. The molecule has 0 radical (unpaired) electrons. The first kappa shape index (κ1) is 20.7. The van der Waals surface area contributed by atoms with Crippen LogP contribution in [-0.4, -0.2) is 46.9 Å². The number of hydrogen-bond donors (Lipinski definition) is 1. The largest absolute Gasteiger partial charge is 2.00 e. The summed E-state index contributed by atoms with van der Waals surface area (Å²) in [6, 6.07) is 0. The van der Waals surface area contributed by atoms with Crippen LogP contribution in [0.1, 0.15) is 20.8 Å². The molecule has 0 bridgehead atoms. The van der Waals surface area contributed by atoms with Crippen molar-refractivity contribution in [2.45, 2.75) is 20.8 Å². The zero-order valence-corrected chi connectivity index (χ0v) is 12.0. The van der Waals surface area contributed by atoms with Gasteiger partial charge in [0.25, 0.3) is 0 Å². The van der Waals surface area contributed by atoms with Crippen LogP contribution in [0.4, 0.5) is 0 Å².